The van der Waals surface area contributed by atoms with Gasteiger partial charge in [0.15, 0.2) is 0 Å². The van der Waals surface area contributed by atoms with E-state index in [2.05, 4.69) is 17.0 Å². The molecule has 0 aromatic heterocycles. The summed E-state index contributed by atoms with van der Waals surface area (Å²) in [6.07, 6.45) is -0.123. The Hall–Kier alpha value is -1.46. The molecule has 21 heavy (non-hydrogen) atoms. The Bertz CT molecular complexity index is 429. The van der Waals surface area contributed by atoms with Gasteiger partial charge >= 0.3 is 0 Å². The van der Waals surface area contributed by atoms with E-state index in [0.717, 1.165) is 11.3 Å². The number of benzene rings is 1. The van der Waals surface area contributed by atoms with Crippen molar-refractivity contribution in [2.24, 2.45) is 4.99 Å². The fraction of sp³-hybridized carbons (Fsp3) is 0.562. The van der Waals surface area contributed by atoms with E-state index in [1.165, 1.54) is 13.8 Å². The van der Waals surface area contributed by atoms with Crippen LogP contribution in [0.5, 0.6) is 5.75 Å². The number of rotatable bonds is 9. The van der Waals surface area contributed by atoms with Gasteiger partial charge in [-0.1, -0.05) is 12.1 Å². The predicted octanol–water partition coefficient (Wildman–Crippen LogP) is 2.01. The summed E-state index contributed by atoms with van der Waals surface area (Å²) in [5.41, 5.74) is -0.259. The van der Waals surface area contributed by atoms with Crippen LogP contribution in [0, 0.1) is 0 Å². The van der Waals surface area contributed by atoms with E-state index in [0.29, 0.717) is 6.42 Å². The van der Waals surface area contributed by atoms with Crippen molar-refractivity contribution in [3.63, 3.8) is 0 Å². The summed E-state index contributed by atoms with van der Waals surface area (Å²) in [5.74, 6) is 0.786. The van der Waals surface area contributed by atoms with Crippen LogP contribution in [0.3, 0.4) is 0 Å². The van der Waals surface area contributed by atoms with Crippen molar-refractivity contribution >= 4 is 6.72 Å². The van der Waals surface area contributed by atoms with Crippen molar-refractivity contribution in [1.82, 2.24) is 5.32 Å². The van der Waals surface area contributed by atoms with E-state index in [4.69, 9.17) is 4.74 Å². The van der Waals surface area contributed by atoms with Crippen molar-refractivity contribution in [3.8, 4) is 5.75 Å². The molecule has 0 unspecified atom stereocenters. The number of hydrogen-bond donors (Lipinski definition) is 2. The highest BCUT2D eigenvalue weighted by Gasteiger charge is 2.20. The normalized spacial score (nSPS) is 14.5. The van der Waals surface area contributed by atoms with Crippen molar-refractivity contribution < 1.29 is 14.2 Å². The highest BCUT2D eigenvalue weighted by atomic mass is 19.1. The molecule has 0 amide bonds. The van der Waals surface area contributed by atoms with Crippen molar-refractivity contribution in [2.75, 3.05) is 20.2 Å². The highest BCUT2D eigenvalue weighted by Crippen LogP contribution is 2.15. The van der Waals surface area contributed by atoms with Crippen LogP contribution in [0.1, 0.15) is 19.4 Å². The Kier molecular flexibility index (Phi) is 6.78. The number of nitrogens with one attached hydrogen (secondary N) is 1. The zero-order valence-corrected chi connectivity index (χ0v) is 13.0. The number of halogens is 1. The number of aliphatic hydroxyl groups is 1. The van der Waals surface area contributed by atoms with E-state index in [1.807, 2.05) is 24.3 Å². The summed E-state index contributed by atoms with van der Waals surface area (Å²) in [7, 11) is 1.62. The average Bonchev–Trinajstić information content (AvgIpc) is 2.43. The minimum absolute atomic E-state index is 0.191. The molecular formula is C16H25FN2O2. The molecule has 1 aromatic rings. The minimum Gasteiger partial charge on any atom is -0.497 e. The van der Waals surface area contributed by atoms with Gasteiger partial charge in [-0.3, -0.25) is 4.99 Å². The lowest BCUT2D eigenvalue weighted by Gasteiger charge is -2.21. The largest absolute Gasteiger partial charge is 0.497 e. The lowest BCUT2D eigenvalue weighted by Crippen LogP contribution is -2.40. The van der Waals surface area contributed by atoms with E-state index >= 15 is 0 Å². The number of aliphatic imine (C=N–C) groups is 1. The fourth-order valence-corrected chi connectivity index (χ4v) is 1.98. The first-order valence-corrected chi connectivity index (χ1v) is 7.02. The molecule has 1 aromatic carbocycles. The molecule has 1 rings (SSSR count). The summed E-state index contributed by atoms with van der Waals surface area (Å²) < 4.78 is 18.5. The third kappa shape index (κ3) is 6.69. The van der Waals surface area contributed by atoms with E-state index in [9.17, 15) is 9.50 Å². The number of aliphatic hydroxyl groups excluding tert-OH is 1. The standard InChI is InChI=1S/C16H25FN2O2/c1-16(2,17)11-19-10-15(20)14(18-3)9-12-5-7-13(21-4)8-6-12/h5-8,14-15,19-20H,3,9-11H2,1-2,4H3/t14-,15+/m0/s1. The molecule has 0 radical (unpaired) electrons. The first kappa shape index (κ1) is 17.6. The Morgan fingerprint density at radius 3 is 2.48 bits per heavy atom. The van der Waals surface area contributed by atoms with Crippen LogP contribution in [-0.4, -0.2) is 49.8 Å². The molecule has 2 N–H and O–H groups in total. The molecular weight excluding hydrogens is 271 g/mol. The van der Waals surface area contributed by atoms with Crippen molar-refractivity contribution in [1.29, 1.82) is 0 Å². The lowest BCUT2D eigenvalue weighted by molar-refractivity contribution is 0.132. The number of nitrogens with zero attached hydrogens (tertiary/aromatic N) is 1. The maximum Gasteiger partial charge on any atom is 0.118 e. The quantitative estimate of drug-likeness (QED) is 0.685. The van der Waals surface area contributed by atoms with Crippen LogP contribution in [-0.2, 0) is 6.42 Å². The topological polar surface area (TPSA) is 53.9 Å². The van der Waals surface area contributed by atoms with E-state index < -0.39 is 11.8 Å². The van der Waals surface area contributed by atoms with Gasteiger partial charge in [0.25, 0.3) is 0 Å². The predicted molar refractivity (Wildman–Crippen MR) is 84.1 cm³/mol. The third-order valence-corrected chi connectivity index (χ3v) is 3.18. The Morgan fingerprint density at radius 2 is 2.00 bits per heavy atom. The van der Waals surface area contributed by atoms with Crippen LogP contribution in [0.2, 0.25) is 0 Å². The second-order valence-electron chi connectivity index (χ2n) is 5.72. The van der Waals surface area contributed by atoms with Crippen LogP contribution >= 0.6 is 0 Å². The fourth-order valence-electron chi connectivity index (χ4n) is 1.98. The van der Waals surface area contributed by atoms with Gasteiger partial charge in [-0.05, 0) is 44.7 Å². The summed E-state index contributed by atoms with van der Waals surface area (Å²) in [4.78, 5) is 3.98. The average molecular weight is 296 g/mol. The second-order valence-corrected chi connectivity index (χ2v) is 5.72. The molecule has 0 bridgehead atoms. The van der Waals surface area contributed by atoms with E-state index in [-0.39, 0.29) is 19.1 Å². The molecule has 5 heteroatoms. The monoisotopic (exact) mass is 296 g/mol. The van der Waals surface area contributed by atoms with Gasteiger partial charge in [0.2, 0.25) is 0 Å². The minimum atomic E-state index is -1.30. The smallest absolute Gasteiger partial charge is 0.118 e. The highest BCUT2D eigenvalue weighted by molar-refractivity contribution is 5.29. The molecule has 2 atom stereocenters. The molecule has 0 saturated heterocycles. The zero-order chi connectivity index (χ0) is 15.9. The lowest BCUT2D eigenvalue weighted by atomic mass is 10.0. The van der Waals surface area contributed by atoms with Crippen LogP contribution in [0.4, 0.5) is 4.39 Å². The van der Waals surface area contributed by atoms with Gasteiger partial charge in [0, 0.05) is 13.1 Å². The Morgan fingerprint density at radius 1 is 1.38 bits per heavy atom. The van der Waals surface area contributed by atoms with Crippen LogP contribution < -0.4 is 10.1 Å². The molecule has 0 aliphatic heterocycles. The summed E-state index contributed by atoms with van der Waals surface area (Å²) in [6.45, 7) is 6.99. The molecule has 0 aliphatic rings. The van der Waals surface area contributed by atoms with Gasteiger partial charge in [-0.2, -0.15) is 0 Å². The molecule has 0 heterocycles. The molecule has 0 aliphatic carbocycles. The van der Waals surface area contributed by atoms with Gasteiger partial charge < -0.3 is 15.2 Å². The first-order valence-electron chi connectivity index (χ1n) is 7.02. The second kappa shape index (κ2) is 8.10. The number of alkyl halides is 1. The molecule has 4 nitrogen and oxygen atoms in total. The molecule has 0 spiro atoms. The number of hydrogen-bond acceptors (Lipinski definition) is 4. The van der Waals surface area contributed by atoms with Gasteiger partial charge in [0.1, 0.15) is 11.4 Å². The Balaban J connectivity index is 2.50. The van der Waals surface area contributed by atoms with Crippen molar-refractivity contribution in [3.05, 3.63) is 29.8 Å². The van der Waals surface area contributed by atoms with Crippen molar-refractivity contribution in [2.45, 2.75) is 38.1 Å². The molecule has 0 saturated carbocycles. The van der Waals surface area contributed by atoms with Gasteiger partial charge in [-0.15, -0.1) is 0 Å². The van der Waals surface area contributed by atoms with Crippen LogP contribution in [0.15, 0.2) is 29.3 Å². The first-order chi connectivity index (χ1) is 9.85. The molecule has 118 valence electrons. The van der Waals surface area contributed by atoms with Gasteiger partial charge in [0.05, 0.1) is 19.3 Å². The maximum atomic E-state index is 13.3. The zero-order valence-electron chi connectivity index (χ0n) is 13.0. The molecule has 0 fully saturated rings. The summed E-state index contributed by atoms with van der Waals surface area (Å²) in [5, 5.41) is 13.0. The summed E-state index contributed by atoms with van der Waals surface area (Å²) in [6, 6.07) is 7.27. The number of ether oxygens (including phenoxy) is 1. The summed E-state index contributed by atoms with van der Waals surface area (Å²) >= 11 is 0. The third-order valence-electron chi connectivity index (χ3n) is 3.18. The van der Waals surface area contributed by atoms with Gasteiger partial charge in [-0.25, -0.2) is 4.39 Å². The van der Waals surface area contributed by atoms with Crippen LogP contribution in [0.25, 0.3) is 0 Å². The van der Waals surface area contributed by atoms with E-state index in [1.54, 1.807) is 7.11 Å². The number of methoxy groups -OCH3 is 1. The SMILES string of the molecule is C=N[C@@H](Cc1ccc(OC)cc1)[C@H](O)CNCC(C)(C)F. The Labute approximate surface area is 126 Å². The maximum absolute atomic E-state index is 13.3.